The summed E-state index contributed by atoms with van der Waals surface area (Å²) in [5.41, 5.74) is 7.37. The average molecular weight is 343 g/mol. The molecule has 0 amide bonds. The second-order valence-electron chi connectivity index (χ2n) is 5.16. The van der Waals surface area contributed by atoms with Crippen LogP contribution in [0.3, 0.4) is 0 Å². The molecule has 0 unspecified atom stereocenters. The summed E-state index contributed by atoms with van der Waals surface area (Å²) >= 11 is 0. The van der Waals surface area contributed by atoms with Crippen LogP contribution in [0, 0.1) is 0 Å². The van der Waals surface area contributed by atoms with E-state index in [9.17, 15) is 8.42 Å². The van der Waals surface area contributed by atoms with E-state index in [1.807, 2.05) is 24.3 Å². The SMILES string of the molecule is Cl.Nc1ccc(CCNS(=O)(=O)c2cnc3n2CCC3)cc1. The Bertz CT molecular complexity index is 741. The molecule has 1 aliphatic heterocycles. The molecular formula is C14H19ClN4O2S. The number of fused-ring (bicyclic) bond motifs is 1. The van der Waals surface area contributed by atoms with Gasteiger partial charge in [-0.15, -0.1) is 12.4 Å². The molecule has 2 heterocycles. The zero-order chi connectivity index (χ0) is 14.9. The Morgan fingerprint density at radius 2 is 2.00 bits per heavy atom. The number of anilines is 1. The molecule has 0 saturated heterocycles. The molecule has 1 aromatic carbocycles. The lowest BCUT2D eigenvalue weighted by Gasteiger charge is -2.08. The van der Waals surface area contributed by atoms with E-state index in [4.69, 9.17) is 5.73 Å². The predicted octanol–water partition coefficient (Wildman–Crippen LogP) is 1.35. The molecule has 0 fully saturated rings. The van der Waals surface area contributed by atoms with Crippen molar-refractivity contribution in [3.8, 4) is 0 Å². The van der Waals surface area contributed by atoms with Gasteiger partial charge < -0.3 is 10.3 Å². The van der Waals surface area contributed by atoms with Crippen molar-refractivity contribution in [2.24, 2.45) is 0 Å². The first-order chi connectivity index (χ1) is 10.1. The third-order valence-corrected chi connectivity index (χ3v) is 5.11. The standard InChI is InChI=1S/C14H18N4O2S.ClH/c15-12-5-3-11(4-6-12)7-8-17-21(19,20)14-10-16-13-2-1-9-18(13)14;/h3-6,10,17H,1-2,7-9,15H2;1H. The van der Waals surface area contributed by atoms with Crippen molar-refractivity contribution in [1.82, 2.24) is 14.3 Å². The van der Waals surface area contributed by atoms with Crippen molar-refractivity contribution < 1.29 is 8.42 Å². The van der Waals surface area contributed by atoms with Crippen LogP contribution in [-0.2, 0) is 29.4 Å². The molecule has 6 nitrogen and oxygen atoms in total. The summed E-state index contributed by atoms with van der Waals surface area (Å²) in [6, 6.07) is 7.43. The van der Waals surface area contributed by atoms with Gasteiger partial charge in [0.05, 0.1) is 6.20 Å². The summed E-state index contributed by atoms with van der Waals surface area (Å²) in [5.74, 6) is 0.855. The van der Waals surface area contributed by atoms with E-state index in [2.05, 4.69) is 9.71 Å². The number of nitrogen functional groups attached to an aromatic ring is 1. The zero-order valence-electron chi connectivity index (χ0n) is 12.0. The lowest BCUT2D eigenvalue weighted by Crippen LogP contribution is -2.27. The third-order valence-electron chi connectivity index (χ3n) is 3.64. The number of aryl methyl sites for hydroxylation is 1. The first-order valence-electron chi connectivity index (χ1n) is 6.95. The highest BCUT2D eigenvalue weighted by atomic mass is 35.5. The second-order valence-corrected chi connectivity index (χ2v) is 6.87. The van der Waals surface area contributed by atoms with Crippen LogP contribution in [0.4, 0.5) is 5.69 Å². The van der Waals surface area contributed by atoms with E-state index in [0.717, 1.165) is 30.8 Å². The summed E-state index contributed by atoms with van der Waals surface area (Å²) in [6.45, 7) is 1.08. The topological polar surface area (TPSA) is 90.0 Å². The Labute approximate surface area is 136 Å². The summed E-state index contributed by atoms with van der Waals surface area (Å²) in [4.78, 5) is 4.17. The number of sulfonamides is 1. The first-order valence-corrected chi connectivity index (χ1v) is 8.43. The van der Waals surface area contributed by atoms with E-state index in [-0.39, 0.29) is 17.4 Å². The number of hydrogen-bond donors (Lipinski definition) is 2. The highest BCUT2D eigenvalue weighted by Gasteiger charge is 2.24. The Morgan fingerprint density at radius 1 is 1.27 bits per heavy atom. The van der Waals surface area contributed by atoms with Gasteiger partial charge in [-0.2, -0.15) is 0 Å². The minimum absolute atomic E-state index is 0. The Morgan fingerprint density at radius 3 is 2.73 bits per heavy atom. The monoisotopic (exact) mass is 342 g/mol. The van der Waals surface area contributed by atoms with Gasteiger partial charge in [-0.1, -0.05) is 12.1 Å². The maximum absolute atomic E-state index is 12.3. The number of imidazole rings is 1. The minimum Gasteiger partial charge on any atom is -0.399 e. The molecule has 1 aliphatic rings. The molecular weight excluding hydrogens is 324 g/mol. The normalized spacial score (nSPS) is 13.6. The van der Waals surface area contributed by atoms with Crippen molar-refractivity contribution in [2.45, 2.75) is 30.8 Å². The minimum atomic E-state index is -3.49. The molecule has 120 valence electrons. The van der Waals surface area contributed by atoms with Gasteiger partial charge in [0.1, 0.15) is 5.82 Å². The van der Waals surface area contributed by atoms with Gasteiger partial charge >= 0.3 is 0 Å². The van der Waals surface area contributed by atoms with Gasteiger partial charge in [-0.3, -0.25) is 0 Å². The van der Waals surface area contributed by atoms with E-state index in [1.165, 1.54) is 6.20 Å². The average Bonchev–Trinajstić information content (AvgIpc) is 3.03. The number of nitrogens with zero attached hydrogens (tertiary/aromatic N) is 2. The number of aromatic nitrogens is 2. The van der Waals surface area contributed by atoms with Gasteiger partial charge in [-0.05, 0) is 30.5 Å². The highest BCUT2D eigenvalue weighted by molar-refractivity contribution is 7.89. The Balaban J connectivity index is 0.00000176. The van der Waals surface area contributed by atoms with Crippen LogP contribution in [0.25, 0.3) is 0 Å². The maximum atomic E-state index is 12.3. The van der Waals surface area contributed by atoms with E-state index in [1.54, 1.807) is 4.57 Å². The van der Waals surface area contributed by atoms with Crippen LogP contribution in [0.2, 0.25) is 0 Å². The number of nitrogens with two attached hydrogens (primary N) is 1. The lowest BCUT2D eigenvalue weighted by molar-refractivity contribution is 0.564. The van der Waals surface area contributed by atoms with Crippen LogP contribution >= 0.6 is 12.4 Å². The fourth-order valence-corrected chi connectivity index (χ4v) is 3.73. The van der Waals surface area contributed by atoms with Crippen LogP contribution in [0.1, 0.15) is 17.8 Å². The molecule has 0 radical (unpaired) electrons. The number of rotatable bonds is 5. The maximum Gasteiger partial charge on any atom is 0.257 e. The molecule has 8 heteroatoms. The first kappa shape index (κ1) is 16.8. The number of halogens is 1. The molecule has 0 bridgehead atoms. The zero-order valence-corrected chi connectivity index (χ0v) is 13.7. The van der Waals surface area contributed by atoms with Gasteiger partial charge in [0, 0.05) is 25.2 Å². The largest absolute Gasteiger partial charge is 0.399 e. The summed E-state index contributed by atoms with van der Waals surface area (Å²) in [5, 5.41) is 0.271. The fraction of sp³-hybridized carbons (Fsp3) is 0.357. The van der Waals surface area contributed by atoms with Crippen LogP contribution < -0.4 is 10.5 Å². The summed E-state index contributed by atoms with van der Waals surface area (Å²) in [6.07, 6.45) is 3.87. The second kappa shape index (κ2) is 6.68. The number of hydrogen-bond acceptors (Lipinski definition) is 4. The predicted molar refractivity (Wildman–Crippen MR) is 87.5 cm³/mol. The van der Waals surface area contributed by atoms with E-state index in [0.29, 0.717) is 18.7 Å². The molecule has 0 spiro atoms. The molecule has 2 aromatic rings. The molecule has 0 atom stereocenters. The summed E-state index contributed by atoms with van der Waals surface area (Å²) in [7, 11) is -3.49. The van der Waals surface area contributed by atoms with Crippen LogP contribution in [0.5, 0.6) is 0 Å². The van der Waals surface area contributed by atoms with Crippen LogP contribution in [-0.4, -0.2) is 24.5 Å². The van der Waals surface area contributed by atoms with Crippen molar-refractivity contribution in [3.63, 3.8) is 0 Å². The molecule has 22 heavy (non-hydrogen) atoms. The molecule has 0 saturated carbocycles. The number of benzene rings is 1. The van der Waals surface area contributed by atoms with Gasteiger partial charge in [0.25, 0.3) is 10.0 Å². The lowest BCUT2D eigenvalue weighted by atomic mass is 10.1. The van der Waals surface area contributed by atoms with Crippen molar-refractivity contribution >= 4 is 28.1 Å². The Kier molecular flexibility index (Phi) is 5.10. The van der Waals surface area contributed by atoms with Gasteiger partial charge in [0.2, 0.25) is 0 Å². The quantitative estimate of drug-likeness (QED) is 0.803. The molecule has 3 N–H and O–H groups in total. The van der Waals surface area contributed by atoms with Crippen molar-refractivity contribution in [3.05, 3.63) is 41.9 Å². The number of nitrogens with one attached hydrogen (secondary N) is 1. The van der Waals surface area contributed by atoms with Crippen LogP contribution in [0.15, 0.2) is 35.5 Å². The van der Waals surface area contributed by atoms with Gasteiger partial charge in [0.15, 0.2) is 5.03 Å². The Hall–Kier alpha value is -1.57. The highest BCUT2D eigenvalue weighted by Crippen LogP contribution is 2.19. The molecule has 0 aliphatic carbocycles. The van der Waals surface area contributed by atoms with E-state index < -0.39 is 10.0 Å². The van der Waals surface area contributed by atoms with Crippen molar-refractivity contribution in [2.75, 3.05) is 12.3 Å². The fourth-order valence-electron chi connectivity index (χ4n) is 2.53. The van der Waals surface area contributed by atoms with E-state index >= 15 is 0 Å². The van der Waals surface area contributed by atoms with Crippen molar-refractivity contribution in [1.29, 1.82) is 0 Å². The van der Waals surface area contributed by atoms with Gasteiger partial charge in [-0.25, -0.2) is 18.1 Å². The molecule has 1 aromatic heterocycles. The molecule has 3 rings (SSSR count). The third kappa shape index (κ3) is 3.43. The summed E-state index contributed by atoms with van der Waals surface area (Å²) < 4.78 is 29.0. The smallest absolute Gasteiger partial charge is 0.257 e.